The summed E-state index contributed by atoms with van der Waals surface area (Å²) in [6, 6.07) is 17.8. The number of carbonyl (C=O) groups is 1. The number of aromatic nitrogens is 4. The summed E-state index contributed by atoms with van der Waals surface area (Å²) in [7, 11) is 0. The van der Waals surface area contributed by atoms with Crippen LogP contribution in [-0.2, 0) is 17.8 Å². The van der Waals surface area contributed by atoms with Crippen LogP contribution in [0.3, 0.4) is 0 Å². The highest BCUT2D eigenvalue weighted by molar-refractivity contribution is 5.90. The lowest BCUT2D eigenvalue weighted by Crippen LogP contribution is -2.40. The summed E-state index contributed by atoms with van der Waals surface area (Å²) in [5.41, 5.74) is 4.04. The zero-order valence-electron chi connectivity index (χ0n) is 19.4. The highest BCUT2D eigenvalue weighted by Gasteiger charge is 2.48. The predicted octanol–water partition coefficient (Wildman–Crippen LogP) is 4.74. The maximum absolute atomic E-state index is 12.9. The summed E-state index contributed by atoms with van der Waals surface area (Å²) in [5.74, 6) is 0.371. The monoisotopic (exact) mass is 466 g/mol. The van der Waals surface area contributed by atoms with E-state index in [2.05, 4.69) is 20.7 Å². The fourth-order valence-electron chi connectivity index (χ4n) is 5.57. The SMILES string of the molecule is N#Cc1ccc2ncn(C[C@H]3CCC[C@]4(C3)CN(c3ccc(Cn5cccn5)cc3)C(=O)O4)c2c1. The van der Waals surface area contributed by atoms with Gasteiger partial charge in [0.15, 0.2) is 0 Å². The minimum absolute atomic E-state index is 0.266. The molecule has 3 heterocycles. The Morgan fingerprint density at radius 1 is 1.20 bits per heavy atom. The number of nitriles is 1. The molecule has 1 amide bonds. The second-order valence-electron chi connectivity index (χ2n) is 9.68. The van der Waals surface area contributed by atoms with E-state index in [1.54, 1.807) is 17.2 Å². The molecule has 2 aromatic heterocycles. The van der Waals surface area contributed by atoms with Gasteiger partial charge in [-0.2, -0.15) is 10.4 Å². The zero-order valence-corrected chi connectivity index (χ0v) is 19.4. The molecule has 1 aliphatic heterocycles. The first-order chi connectivity index (χ1) is 17.1. The van der Waals surface area contributed by atoms with Crippen LogP contribution in [0.4, 0.5) is 10.5 Å². The highest BCUT2D eigenvalue weighted by Crippen LogP contribution is 2.42. The lowest BCUT2D eigenvalue weighted by atomic mass is 9.78. The van der Waals surface area contributed by atoms with Crippen LogP contribution in [0.5, 0.6) is 0 Å². The van der Waals surface area contributed by atoms with Crippen molar-refractivity contribution in [2.75, 3.05) is 11.4 Å². The molecule has 35 heavy (non-hydrogen) atoms. The van der Waals surface area contributed by atoms with Gasteiger partial charge in [0.05, 0.1) is 42.1 Å². The number of hydrogen-bond donors (Lipinski definition) is 0. The Balaban J connectivity index is 1.16. The summed E-state index contributed by atoms with van der Waals surface area (Å²) in [4.78, 5) is 19.2. The van der Waals surface area contributed by atoms with E-state index >= 15 is 0 Å². The molecule has 4 aromatic rings. The molecule has 2 aliphatic rings. The molecule has 1 saturated heterocycles. The van der Waals surface area contributed by atoms with Gasteiger partial charge in [-0.15, -0.1) is 0 Å². The molecule has 1 spiro atoms. The second kappa shape index (κ2) is 8.58. The Morgan fingerprint density at radius 2 is 2.09 bits per heavy atom. The minimum Gasteiger partial charge on any atom is -0.441 e. The van der Waals surface area contributed by atoms with Crippen molar-refractivity contribution in [3.05, 3.63) is 78.4 Å². The molecular formula is C27H26N6O2. The summed E-state index contributed by atoms with van der Waals surface area (Å²) in [6.07, 6.45) is 9.09. The van der Waals surface area contributed by atoms with E-state index in [4.69, 9.17) is 4.74 Å². The van der Waals surface area contributed by atoms with Crippen LogP contribution in [0.15, 0.2) is 67.3 Å². The van der Waals surface area contributed by atoms with Crippen molar-refractivity contribution in [1.82, 2.24) is 19.3 Å². The van der Waals surface area contributed by atoms with Gasteiger partial charge in [-0.1, -0.05) is 12.1 Å². The Kier molecular flexibility index (Phi) is 5.25. The van der Waals surface area contributed by atoms with E-state index in [1.807, 2.05) is 59.7 Å². The van der Waals surface area contributed by atoms with Crippen molar-refractivity contribution < 1.29 is 9.53 Å². The van der Waals surface area contributed by atoms with E-state index in [9.17, 15) is 10.1 Å². The van der Waals surface area contributed by atoms with Crippen LogP contribution in [-0.4, -0.2) is 37.6 Å². The smallest absolute Gasteiger partial charge is 0.415 e. The molecule has 0 radical (unpaired) electrons. The molecule has 176 valence electrons. The van der Waals surface area contributed by atoms with Crippen LogP contribution in [0.1, 0.15) is 36.8 Å². The first-order valence-corrected chi connectivity index (χ1v) is 12.0. The lowest BCUT2D eigenvalue weighted by Gasteiger charge is -2.36. The maximum atomic E-state index is 12.9. The maximum Gasteiger partial charge on any atom is 0.415 e. The number of fused-ring (bicyclic) bond motifs is 1. The van der Waals surface area contributed by atoms with Gasteiger partial charge in [0.1, 0.15) is 5.60 Å². The fraction of sp³-hybridized carbons (Fsp3) is 0.333. The predicted molar refractivity (Wildman–Crippen MR) is 131 cm³/mol. The minimum atomic E-state index is -0.456. The molecule has 1 saturated carbocycles. The molecule has 2 aromatic carbocycles. The van der Waals surface area contributed by atoms with Gasteiger partial charge in [-0.05, 0) is 73.6 Å². The molecule has 6 rings (SSSR count). The van der Waals surface area contributed by atoms with Crippen molar-refractivity contribution in [3.63, 3.8) is 0 Å². The average molecular weight is 467 g/mol. The van der Waals surface area contributed by atoms with E-state index in [0.29, 0.717) is 24.6 Å². The Morgan fingerprint density at radius 3 is 2.89 bits per heavy atom. The van der Waals surface area contributed by atoms with Crippen molar-refractivity contribution >= 4 is 22.8 Å². The first kappa shape index (κ1) is 21.4. The molecular weight excluding hydrogens is 440 g/mol. The molecule has 8 heteroatoms. The fourth-order valence-corrected chi connectivity index (χ4v) is 5.57. The van der Waals surface area contributed by atoms with E-state index in [1.165, 1.54) is 0 Å². The number of carbonyl (C=O) groups excluding carboxylic acids is 1. The average Bonchev–Trinajstić information content (AvgIpc) is 3.60. The first-order valence-electron chi connectivity index (χ1n) is 12.0. The third kappa shape index (κ3) is 4.14. The number of imidazole rings is 1. The molecule has 8 nitrogen and oxygen atoms in total. The number of nitrogens with zero attached hydrogens (tertiary/aromatic N) is 6. The Labute approximate surface area is 203 Å². The standard InChI is InChI=1S/C27H26N6O2/c28-15-21-6-9-24-25(13-21)31(19-29-24)16-22-3-1-10-27(14-22)18-33(26(34)35-27)23-7-4-20(5-8-23)17-32-12-2-11-30-32/h2,4-9,11-13,19,22H,1,3,10,14,16-18H2/t22-,27-/m0/s1. The molecule has 0 bridgehead atoms. The summed E-state index contributed by atoms with van der Waals surface area (Å²) in [6.45, 7) is 2.07. The highest BCUT2D eigenvalue weighted by atomic mass is 16.6. The van der Waals surface area contributed by atoms with Crippen LogP contribution in [0.25, 0.3) is 11.0 Å². The third-order valence-electron chi connectivity index (χ3n) is 7.23. The second-order valence-corrected chi connectivity index (χ2v) is 9.68. The molecule has 0 N–H and O–H groups in total. The van der Waals surface area contributed by atoms with Crippen molar-refractivity contribution in [2.45, 2.75) is 44.4 Å². The van der Waals surface area contributed by atoms with Crippen LogP contribution in [0, 0.1) is 17.2 Å². The van der Waals surface area contributed by atoms with Crippen molar-refractivity contribution in [3.8, 4) is 6.07 Å². The number of ether oxygens (including phenoxy) is 1. The van der Waals surface area contributed by atoms with E-state index < -0.39 is 5.60 Å². The summed E-state index contributed by atoms with van der Waals surface area (Å²) >= 11 is 0. The normalized spacial score (nSPS) is 22.0. The van der Waals surface area contributed by atoms with Gasteiger partial charge in [0, 0.05) is 24.6 Å². The van der Waals surface area contributed by atoms with Gasteiger partial charge in [0.25, 0.3) is 0 Å². The summed E-state index contributed by atoms with van der Waals surface area (Å²) < 4.78 is 10.1. The summed E-state index contributed by atoms with van der Waals surface area (Å²) in [5, 5.41) is 13.5. The molecule has 2 atom stereocenters. The lowest BCUT2D eigenvalue weighted by molar-refractivity contribution is 0.00439. The number of benzene rings is 2. The van der Waals surface area contributed by atoms with Crippen LogP contribution < -0.4 is 4.90 Å². The third-order valence-corrected chi connectivity index (χ3v) is 7.23. The number of amides is 1. The van der Waals surface area contributed by atoms with E-state index in [-0.39, 0.29) is 6.09 Å². The number of hydrogen-bond acceptors (Lipinski definition) is 5. The van der Waals surface area contributed by atoms with E-state index in [0.717, 1.165) is 54.5 Å². The van der Waals surface area contributed by atoms with Crippen molar-refractivity contribution in [2.24, 2.45) is 5.92 Å². The van der Waals surface area contributed by atoms with Gasteiger partial charge < -0.3 is 9.30 Å². The quantitative estimate of drug-likeness (QED) is 0.424. The van der Waals surface area contributed by atoms with Crippen LogP contribution in [0.2, 0.25) is 0 Å². The van der Waals surface area contributed by atoms with Gasteiger partial charge in [-0.3, -0.25) is 9.58 Å². The topological polar surface area (TPSA) is 89.0 Å². The zero-order chi connectivity index (χ0) is 23.8. The van der Waals surface area contributed by atoms with Gasteiger partial charge in [-0.25, -0.2) is 9.78 Å². The van der Waals surface area contributed by atoms with Crippen molar-refractivity contribution in [1.29, 1.82) is 5.26 Å². The van der Waals surface area contributed by atoms with Gasteiger partial charge in [0.2, 0.25) is 0 Å². The molecule has 0 unspecified atom stereocenters. The molecule has 1 aliphatic carbocycles. The Bertz CT molecular complexity index is 1400. The molecule has 2 fully saturated rings. The van der Waals surface area contributed by atoms with Gasteiger partial charge >= 0.3 is 6.09 Å². The Hall–Kier alpha value is -4.12. The number of rotatable bonds is 5. The van der Waals surface area contributed by atoms with Crippen LogP contribution >= 0.6 is 0 Å². The number of anilines is 1. The largest absolute Gasteiger partial charge is 0.441 e.